The molecule has 0 bridgehead atoms. The maximum absolute atomic E-state index is 11.1. The number of nitrogens with zero attached hydrogens (tertiary/aromatic N) is 3. The fourth-order valence-electron chi connectivity index (χ4n) is 2.66. The summed E-state index contributed by atoms with van der Waals surface area (Å²) in [5.41, 5.74) is 0.613. The van der Waals surface area contributed by atoms with Crippen molar-refractivity contribution in [2.24, 2.45) is 0 Å². The van der Waals surface area contributed by atoms with Crippen LogP contribution in [0.2, 0.25) is 0 Å². The van der Waals surface area contributed by atoms with E-state index in [-0.39, 0.29) is 5.56 Å². The molecule has 1 fully saturated rings. The number of nitro groups is 1. The average Bonchev–Trinajstić information content (AvgIpc) is 2.94. The van der Waals surface area contributed by atoms with E-state index >= 15 is 0 Å². The topological polar surface area (TPSA) is 75.9 Å². The van der Waals surface area contributed by atoms with Crippen LogP contribution < -0.4 is 0 Å². The van der Waals surface area contributed by atoms with Crippen LogP contribution in [0, 0.1) is 10.1 Å². The first kappa shape index (κ1) is 16.4. The summed E-state index contributed by atoms with van der Waals surface area (Å²) >= 11 is 0. The highest BCUT2D eigenvalue weighted by Gasteiger charge is 2.38. The molecule has 0 radical (unpaired) electrons. The van der Waals surface area contributed by atoms with Crippen molar-refractivity contribution in [2.75, 3.05) is 20.6 Å². The highest BCUT2D eigenvalue weighted by molar-refractivity contribution is 5.93. The number of carbonyl (C=O) groups excluding carboxylic acids is 1. The summed E-state index contributed by atoms with van der Waals surface area (Å²) in [5, 5.41) is 10.4. The molecule has 0 aliphatic carbocycles. The second-order valence-electron chi connectivity index (χ2n) is 5.72. The number of hydrogen-bond acceptors (Lipinski definition) is 6. The standard InChI is InChI=1S/C8H5NO4.C7H16N2/c10-8-6-4-2-1-3-5(6)7(13-8)9(11)12;1-6-5-8(3)7(2)9(6)4/h1-4,7H;6-7H,5H2,1-4H3. The van der Waals surface area contributed by atoms with Gasteiger partial charge < -0.3 is 4.74 Å². The van der Waals surface area contributed by atoms with Crippen LogP contribution >= 0.6 is 0 Å². The molecule has 1 aromatic carbocycles. The predicted molar refractivity (Wildman–Crippen MR) is 80.9 cm³/mol. The molecular formula is C15H21N3O4. The van der Waals surface area contributed by atoms with E-state index in [9.17, 15) is 14.9 Å². The van der Waals surface area contributed by atoms with Gasteiger partial charge in [0.05, 0.1) is 22.2 Å². The molecular weight excluding hydrogens is 286 g/mol. The monoisotopic (exact) mass is 307 g/mol. The Morgan fingerprint density at radius 1 is 1.27 bits per heavy atom. The van der Waals surface area contributed by atoms with Crippen molar-refractivity contribution in [3.05, 3.63) is 45.5 Å². The maximum Gasteiger partial charge on any atom is 0.383 e. The Morgan fingerprint density at radius 2 is 1.91 bits per heavy atom. The maximum atomic E-state index is 11.1. The molecule has 7 heteroatoms. The van der Waals surface area contributed by atoms with Crippen molar-refractivity contribution in [1.82, 2.24) is 9.80 Å². The minimum atomic E-state index is -1.33. The summed E-state index contributed by atoms with van der Waals surface area (Å²) in [5.74, 6) is -0.628. The third kappa shape index (κ3) is 3.10. The zero-order valence-corrected chi connectivity index (χ0v) is 13.2. The van der Waals surface area contributed by atoms with Crippen LogP contribution in [0.15, 0.2) is 24.3 Å². The van der Waals surface area contributed by atoms with Crippen molar-refractivity contribution in [3.63, 3.8) is 0 Å². The zero-order valence-electron chi connectivity index (χ0n) is 13.2. The van der Waals surface area contributed by atoms with Crippen LogP contribution in [0.5, 0.6) is 0 Å². The molecule has 1 aromatic rings. The number of cyclic esters (lactones) is 1. The highest BCUT2D eigenvalue weighted by Crippen LogP contribution is 2.30. The molecule has 120 valence electrons. The normalized spacial score (nSPS) is 27.8. The first-order chi connectivity index (χ1) is 10.3. The summed E-state index contributed by atoms with van der Waals surface area (Å²) in [7, 11) is 4.35. The van der Waals surface area contributed by atoms with Crippen molar-refractivity contribution in [1.29, 1.82) is 0 Å². The first-order valence-corrected chi connectivity index (χ1v) is 7.18. The van der Waals surface area contributed by atoms with Gasteiger partial charge in [-0.25, -0.2) is 4.79 Å². The second-order valence-corrected chi connectivity index (χ2v) is 5.72. The van der Waals surface area contributed by atoms with Gasteiger partial charge >= 0.3 is 12.2 Å². The molecule has 0 N–H and O–H groups in total. The molecule has 3 atom stereocenters. The number of carbonyl (C=O) groups is 1. The van der Waals surface area contributed by atoms with Crippen molar-refractivity contribution < 1.29 is 14.5 Å². The predicted octanol–water partition coefficient (Wildman–Crippen LogP) is 1.73. The van der Waals surface area contributed by atoms with Gasteiger partial charge in [0.2, 0.25) is 0 Å². The van der Waals surface area contributed by atoms with Gasteiger partial charge in [-0.3, -0.25) is 19.9 Å². The SMILES string of the molecule is CC1CN(C)C(C)N1C.O=C1OC([N+](=O)[O-])c2ccccc21. The number of rotatable bonds is 1. The van der Waals surface area contributed by atoms with Crippen molar-refractivity contribution in [3.8, 4) is 0 Å². The number of fused-ring (bicyclic) bond motifs is 1. The van der Waals surface area contributed by atoms with Crippen LogP contribution in [0.25, 0.3) is 0 Å². The van der Waals surface area contributed by atoms with Crippen LogP contribution in [0.4, 0.5) is 0 Å². The number of esters is 1. The van der Waals surface area contributed by atoms with Gasteiger partial charge in [0.1, 0.15) is 0 Å². The lowest BCUT2D eigenvalue weighted by atomic mass is 10.1. The molecule has 2 aliphatic heterocycles. The molecule has 0 spiro atoms. The van der Waals surface area contributed by atoms with Gasteiger partial charge in [-0.1, -0.05) is 12.1 Å². The molecule has 0 aromatic heterocycles. The Kier molecular flexibility index (Phi) is 4.77. The lowest BCUT2D eigenvalue weighted by Gasteiger charge is -2.21. The van der Waals surface area contributed by atoms with Gasteiger partial charge in [-0.15, -0.1) is 0 Å². The highest BCUT2D eigenvalue weighted by atomic mass is 16.7. The third-order valence-electron chi connectivity index (χ3n) is 4.33. The Morgan fingerprint density at radius 3 is 2.36 bits per heavy atom. The summed E-state index contributed by atoms with van der Waals surface area (Å²) in [6.45, 7) is 5.71. The van der Waals surface area contributed by atoms with Crippen LogP contribution in [0.3, 0.4) is 0 Å². The number of benzene rings is 1. The smallest absolute Gasteiger partial charge is 0.383 e. The largest absolute Gasteiger partial charge is 0.390 e. The molecule has 2 aliphatic rings. The van der Waals surface area contributed by atoms with E-state index in [2.05, 4.69) is 42.5 Å². The number of hydrogen-bond donors (Lipinski definition) is 0. The fourth-order valence-corrected chi connectivity index (χ4v) is 2.66. The lowest BCUT2D eigenvalue weighted by molar-refractivity contribution is -0.572. The van der Waals surface area contributed by atoms with Gasteiger partial charge in [-0.2, -0.15) is 0 Å². The molecule has 2 heterocycles. The van der Waals surface area contributed by atoms with E-state index in [1.807, 2.05) is 0 Å². The van der Waals surface area contributed by atoms with E-state index in [0.717, 1.165) is 6.04 Å². The van der Waals surface area contributed by atoms with E-state index < -0.39 is 17.1 Å². The second kappa shape index (κ2) is 6.41. The number of likely N-dealkylation sites (N-methyl/N-ethyl adjacent to an activating group) is 2. The summed E-state index contributed by atoms with van der Waals surface area (Å²) in [6, 6.07) is 7.04. The lowest BCUT2D eigenvalue weighted by Crippen LogP contribution is -2.32. The van der Waals surface area contributed by atoms with Gasteiger partial charge in [-0.05, 0) is 40.1 Å². The molecule has 7 nitrogen and oxygen atoms in total. The summed E-state index contributed by atoms with van der Waals surface area (Å²) in [6.07, 6.45) is -0.705. The molecule has 0 amide bonds. The van der Waals surface area contributed by atoms with Crippen molar-refractivity contribution >= 4 is 5.97 Å². The van der Waals surface area contributed by atoms with Crippen LogP contribution in [-0.2, 0) is 4.74 Å². The average molecular weight is 307 g/mol. The van der Waals surface area contributed by atoms with E-state index in [1.165, 1.54) is 18.7 Å². The molecule has 0 saturated carbocycles. The van der Waals surface area contributed by atoms with Crippen LogP contribution in [-0.4, -0.2) is 53.5 Å². The fraction of sp³-hybridized carbons (Fsp3) is 0.533. The van der Waals surface area contributed by atoms with E-state index in [0.29, 0.717) is 11.7 Å². The van der Waals surface area contributed by atoms with E-state index in [4.69, 9.17) is 0 Å². The van der Waals surface area contributed by atoms with Gasteiger partial charge in [0.25, 0.3) is 0 Å². The number of ether oxygens (including phenoxy) is 1. The van der Waals surface area contributed by atoms with E-state index in [1.54, 1.807) is 12.1 Å². The van der Waals surface area contributed by atoms with Gasteiger partial charge in [0.15, 0.2) is 0 Å². The minimum Gasteiger partial charge on any atom is -0.390 e. The van der Waals surface area contributed by atoms with Gasteiger partial charge in [0, 0.05) is 12.6 Å². The minimum absolute atomic E-state index is 0.282. The quantitative estimate of drug-likeness (QED) is 0.447. The Hall–Kier alpha value is -1.99. The molecule has 1 saturated heterocycles. The van der Waals surface area contributed by atoms with Crippen molar-refractivity contribution in [2.45, 2.75) is 32.3 Å². The summed E-state index contributed by atoms with van der Waals surface area (Å²) in [4.78, 5) is 25.6. The van der Waals surface area contributed by atoms with Crippen LogP contribution in [0.1, 0.15) is 36.0 Å². The molecule has 3 unspecified atom stereocenters. The Labute approximate surface area is 129 Å². The third-order valence-corrected chi connectivity index (χ3v) is 4.33. The zero-order chi connectivity index (χ0) is 16.4. The molecule has 3 rings (SSSR count). The Bertz CT molecular complexity index is 566. The molecule has 22 heavy (non-hydrogen) atoms. The summed E-state index contributed by atoms with van der Waals surface area (Å²) < 4.78 is 4.56. The first-order valence-electron chi connectivity index (χ1n) is 7.18. The Balaban J connectivity index is 0.000000172.